The van der Waals surface area contributed by atoms with Gasteiger partial charge in [-0.25, -0.2) is 13.4 Å². The van der Waals surface area contributed by atoms with E-state index in [1.54, 1.807) is 12.3 Å². The standard InChI is InChI=1S/C17H14N2O2S/c20-22(21)12-5-1-4-11(10-12)13-6-2-8-15-16(13)14-7-3-9-18-17(14)19-15/h1-9,11,22H,10H2,(H,18,19). The van der Waals surface area contributed by atoms with Gasteiger partial charge in [-0.2, -0.15) is 0 Å². The molecular formula is C17H14N2O2S. The molecule has 2 aromatic heterocycles. The molecule has 4 nitrogen and oxygen atoms in total. The van der Waals surface area contributed by atoms with Crippen molar-refractivity contribution in [2.45, 2.75) is 12.3 Å². The highest BCUT2D eigenvalue weighted by Gasteiger charge is 2.19. The van der Waals surface area contributed by atoms with Crippen LogP contribution in [-0.2, 0) is 10.7 Å². The van der Waals surface area contributed by atoms with Crippen molar-refractivity contribution in [3.63, 3.8) is 0 Å². The summed E-state index contributed by atoms with van der Waals surface area (Å²) in [4.78, 5) is 8.17. The van der Waals surface area contributed by atoms with Crippen molar-refractivity contribution in [1.29, 1.82) is 0 Å². The third kappa shape index (κ3) is 2.05. The number of hydrogen-bond donors (Lipinski definition) is 2. The van der Waals surface area contributed by atoms with Crippen molar-refractivity contribution in [3.8, 4) is 0 Å². The predicted octanol–water partition coefficient (Wildman–Crippen LogP) is 3.25. The first-order valence-corrected chi connectivity index (χ1v) is 8.29. The van der Waals surface area contributed by atoms with Gasteiger partial charge < -0.3 is 4.98 Å². The maximum absolute atomic E-state index is 11.3. The van der Waals surface area contributed by atoms with E-state index in [-0.39, 0.29) is 5.92 Å². The van der Waals surface area contributed by atoms with Crippen LogP contribution in [0, 0.1) is 0 Å². The minimum atomic E-state index is -2.51. The van der Waals surface area contributed by atoms with Gasteiger partial charge in [0, 0.05) is 33.3 Å². The van der Waals surface area contributed by atoms with Crippen LogP contribution < -0.4 is 0 Å². The van der Waals surface area contributed by atoms with Crippen molar-refractivity contribution in [2.75, 3.05) is 0 Å². The van der Waals surface area contributed by atoms with Crippen LogP contribution in [0.25, 0.3) is 21.9 Å². The molecule has 1 N–H and O–H groups in total. The molecule has 5 heteroatoms. The van der Waals surface area contributed by atoms with Gasteiger partial charge in [0.1, 0.15) is 5.65 Å². The summed E-state index contributed by atoms with van der Waals surface area (Å²) in [5.74, 6) is 0.0656. The molecule has 4 rings (SSSR count). The zero-order valence-electron chi connectivity index (χ0n) is 11.7. The Labute approximate surface area is 129 Å². The summed E-state index contributed by atoms with van der Waals surface area (Å²) in [6.45, 7) is 0. The van der Waals surface area contributed by atoms with E-state index in [0.717, 1.165) is 27.5 Å². The molecule has 1 aromatic carbocycles. The molecule has 1 unspecified atom stereocenters. The highest BCUT2D eigenvalue weighted by molar-refractivity contribution is 7.76. The highest BCUT2D eigenvalue weighted by atomic mass is 32.2. The van der Waals surface area contributed by atoms with Crippen LogP contribution in [0.4, 0.5) is 0 Å². The van der Waals surface area contributed by atoms with Gasteiger partial charge in [0.25, 0.3) is 0 Å². The third-order valence-electron chi connectivity index (χ3n) is 4.12. The maximum atomic E-state index is 11.3. The van der Waals surface area contributed by atoms with Gasteiger partial charge in [-0.1, -0.05) is 24.3 Å². The van der Waals surface area contributed by atoms with Crippen molar-refractivity contribution in [3.05, 3.63) is 65.2 Å². The Morgan fingerprint density at radius 1 is 1.18 bits per heavy atom. The fourth-order valence-corrected chi connectivity index (χ4v) is 3.68. The molecular weight excluding hydrogens is 296 g/mol. The van der Waals surface area contributed by atoms with E-state index in [1.165, 1.54) is 0 Å². The molecule has 0 spiro atoms. The van der Waals surface area contributed by atoms with Gasteiger partial charge in [-0.3, -0.25) is 0 Å². The van der Waals surface area contributed by atoms with Crippen LogP contribution in [0.15, 0.2) is 59.7 Å². The van der Waals surface area contributed by atoms with Crippen molar-refractivity contribution < 1.29 is 8.42 Å². The fourth-order valence-electron chi connectivity index (χ4n) is 3.13. The average Bonchev–Trinajstić information content (AvgIpc) is 2.93. The molecule has 1 atom stereocenters. The molecule has 0 aliphatic heterocycles. The third-order valence-corrected chi connectivity index (χ3v) is 4.92. The highest BCUT2D eigenvalue weighted by Crippen LogP contribution is 2.36. The van der Waals surface area contributed by atoms with E-state index < -0.39 is 10.7 Å². The monoisotopic (exact) mass is 310 g/mol. The number of thiol groups is 1. The summed E-state index contributed by atoms with van der Waals surface area (Å²) in [5, 5.41) is 2.20. The molecule has 0 fully saturated rings. The first-order valence-electron chi connectivity index (χ1n) is 7.11. The fraction of sp³-hybridized carbons (Fsp3) is 0.118. The van der Waals surface area contributed by atoms with Gasteiger partial charge in [0.2, 0.25) is 0 Å². The lowest BCUT2D eigenvalue weighted by Crippen LogP contribution is -2.02. The van der Waals surface area contributed by atoms with Gasteiger partial charge in [-0.15, -0.1) is 0 Å². The topological polar surface area (TPSA) is 62.8 Å². The Balaban J connectivity index is 1.92. The number of nitrogens with zero attached hydrogens (tertiary/aromatic N) is 1. The number of H-pyrrole nitrogens is 1. The quantitative estimate of drug-likeness (QED) is 0.714. The number of fused-ring (bicyclic) bond motifs is 3. The molecule has 0 radical (unpaired) electrons. The maximum Gasteiger partial charge on any atom is 0.164 e. The molecule has 0 bridgehead atoms. The van der Waals surface area contributed by atoms with E-state index >= 15 is 0 Å². The largest absolute Gasteiger partial charge is 0.339 e. The average molecular weight is 310 g/mol. The molecule has 110 valence electrons. The number of pyridine rings is 1. The number of rotatable bonds is 2. The Morgan fingerprint density at radius 2 is 2.09 bits per heavy atom. The summed E-state index contributed by atoms with van der Waals surface area (Å²) in [6.07, 6.45) is 7.86. The second kappa shape index (κ2) is 5.10. The summed E-state index contributed by atoms with van der Waals surface area (Å²) >= 11 is 0. The van der Waals surface area contributed by atoms with E-state index in [9.17, 15) is 8.42 Å². The lowest BCUT2D eigenvalue weighted by Gasteiger charge is -2.17. The van der Waals surface area contributed by atoms with E-state index in [2.05, 4.69) is 22.1 Å². The Morgan fingerprint density at radius 3 is 2.95 bits per heavy atom. The van der Waals surface area contributed by atoms with Crippen LogP contribution >= 0.6 is 0 Å². The number of nitrogens with one attached hydrogen (secondary N) is 1. The van der Waals surface area contributed by atoms with Crippen LogP contribution in [-0.4, -0.2) is 18.4 Å². The minimum absolute atomic E-state index is 0.0656. The van der Waals surface area contributed by atoms with Gasteiger partial charge in [0.05, 0.1) is 0 Å². The first-order chi connectivity index (χ1) is 10.7. The SMILES string of the molecule is O=[SH](=O)C1=CC=CC(c2cccc3[nH]c4ncccc4c23)C1. The summed E-state index contributed by atoms with van der Waals surface area (Å²) in [5.41, 5.74) is 3.02. The number of benzene rings is 1. The number of aromatic nitrogens is 2. The molecule has 22 heavy (non-hydrogen) atoms. The van der Waals surface area contributed by atoms with Crippen molar-refractivity contribution in [1.82, 2.24) is 9.97 Å². The molecule has 1 aliphatic rings. The van der Waals surface area contributed by atoms with Crippen LogP contribution in [0.1, 0.15) is 17.9 Å². The zero-order chi connectivity index (χ0) is 15.1. The number of hydrogen-bond acceptors (Lipinski definition) is 3. The van der Waals surface area contributed by atoms with Gasteiger partial charge in [-0.05, 0) is 36.3 Å². The van der Waals surface area contributed by atoms with E-state index in [0.29, 0.717) is 11.3 Å². The van der Waals surface area contributed by atoms with Crippen LogP contribution in [0.5, 0.6) is 0 Å². The Hall–Kier alpha value is -2.40. The molecule has 0 saturated heterocycles. The van der Waals surface area contributed by atoms with Gasteiger partial charge >= 0.3 is 0 Å². The van der Waals surface area contributed by atoms with E-state index in [4.69, 9.17) is 0 Å². The Bertz CT molecular complexity index is 1000. The lowest BCUT2D eigenvalue weighted by molar-refractivity contribution is 0.616. The molecule has 0 amide bonds. The summed E-state index contributed by atoms with van der Waals surface area (Å²) in [7, 11) is -2.51. The molecule has 1 aliphatic carbocycles. The van der Waals surface area contributed by atoms with Crippen LogP contribution in [0.3, 0.4) is 0 Å². The van der Waals surface area contributed by atoms with Crippen molar-refractivity contribution >= 4 is 32.6 Å². The zero-order valence-corrected chi connectivity index (χ0v) is 12.6. The normalized spacial score (nSPS) is 18.2. The van der Waals surface area contributed by atoms with Crippen LogP contribution in [0.2, 0.25) is 0 Å². The number of aromatic amines is 1. The predicted molar refractivity (Wildman–Crippen MR) is 88.5 cm³/mol. The van der Waals surface area contributed by atoms with Gasteiger partial charge in [0.15, 0.2) is 10.7 Å². The second-order valence-corrected chi connectivity index (χ2v) is 6.49. The molecule has 2 heterocycles. The number of allylic oxidation sites excluding steroid dienone is 4. The second-order valence-electron chi connectivity index (χ2n) is 5.41. The smallest absolute Gasteiger partial charge is 0.164 e. The molecule has 0 saturated carbocycles. The minimum Gasteiger partial charge on any atom is -0.339 e. The summed E-state index contributed by atoms with van der Waals surface area (Å²) in [6, 6.07) is 10.1. The molecule has 3 aromatic rings. The summed E-state index contributed by atoms with van der Waals surface area (Å²) < 4.78 is 22.6. The van der Waals surface area contributed by atoms with E-state index in [1.807, 2.05) is 30.3 Å². The lowest BCUT2D eigenvalue weighted by atomic mass is 9.89. The van der Waals surface area contributed by atoms with Crippen molar-refractivity contribution in [2.24, 2.45) is 0 Å². The Kier molecular flexibility index (Phi) is 3.08. The first kappa shape index (κ1) is 13.3.